The Bertz CT molecular complexity index is 275. The first-order valence-corrected chi connectivity index (χ1v) is 5.42. The van der Waals surface area contributed by atoms with E-state index in [1.807, 2.05) is 12.1 Å². The maximum atomic E-state index is 4.96. The van der Waals surface area contributed by atoms with Crippen LogP contribution in [-0.4, -0.2) is 4.20 Å². The first-order chi connectivity index (χ1) is 6.24. The van der Waals surface area contributed by atoms with E-state index in [2.05, 4.69) is 31.7 Å². The Morgan fingerprint density at radius 3 is 2.38 bits per heavy atom. The summed E-state index contributed by atoms with van der Waals surface area (Å²) < 4.78 is 0.669. The third kappa shape index (κ3) is 3.49. The molecule has 0 unspecified atom stereocenters. The molecule has 0 spiro atoms. The van der Waals surface area contributed by atoms with Crippen LogP contribution in [0.25, 0.3) is 0 Å². The maximum Gasteiger partial charge on any atom is 0.0747 e. The second-order valence-corrected chi connectivity index (χ2v) is 4.26. The van der Waals surface area contributed by atoms with Crippen molar-refractivity contribution in [1.29, 1.82) is 0 Å². The molecule has 1 aromatic rings. The van der Waals surface area contributed by atoms with Gasteiger partial charge in [-0.1, -0.05) is 49.8 Å². The topological polar surface area (TPSA) is 0 Å². The first kappa shape index (κ1) is 10.7. The zero-order valence-electron chi connectivity index (χ0n) is 7.79. The third-order valence-electron chi connectivity index (χ3n) is 2.02. The molecule has 0 saturated carbocycles. The van der Waals surface area contributed by atoms with Crippen LogP contribution in [0.5, 0.6) is 0 Å². The summed E-state index contributed by atoms with van der Waals surface area (Å²) in [6.07, 6.45) is 3.66. The highest BCUT2D eigenvalue weighted by atomic mass is 32.1. The van der Waals surface area contributed by atoms with Gasteiger partial charge in [-0.3, -0.25) is 0 Å². The van der Waals surface area contributed by atoms with Gasteiger partial charge in [0.2, 0.25) is 0 Å². The Morgan fingerprint density at radius 2 is 1.92 bits per heavy atom. The van der Waals surface area contributed by atoms with Crippen LogP contribution in [0.4, 0.5) is 0 Å². The summed E-state index contributed by atoms with van der Waals surface area (Å²) in [4.78, 5) is 0. The monoisotopic (exact) mass is 210 g/mol. The van der Waals surface area contributed by atoms with Crippen molar-refractivity contribution < 1.29 is 0 Å². The molecule has 0 radical (unpaired) electrons. The van der Waals surface area contributed by atoms with Gasteiger partial charge in [-0.2, -0.15) is 0 Å². The Morgan fingerprint density at radius 1 is 1.31 bits per heavy atom. The molecule has 0 heterocycles. The summed E-state index contributed by atoms with van der Waals surface area (Å²) in [6.45, 7) is 2.21. The van der Waals surface area contributed by atoms with E-state index in [1.165, 1.54) is 18.4 Å². The predicted octanol–water partition coefficient (Wildman–Crippen LogP) is 3.63. The minimum absolute atomic E-state index is 0.669. The number of thiocarbonyl (C=S) groups is 1. The fourth-order valence-electron chi connectivity index (χ4n) is 1.19. The zero-order valence-corrected chi connectivity index (χ0v) is 9.50. The number of rotatable bonds is 4. The summed E-state index contributed by atoms with van der Waals surface area (Å²) >= 11 is 9.08. The molecular weight excluding hydrogens is 196 g/mol. The fraction of sp³-hybridized carbons (Fsp3) is 0.364. The summed E-state index contributed by atoms with van der Waals surface area (Å²) in [5.74, 6) is 0. The Hall–Kier alpha value is -0.340. The number of aryl methyl sites for hydroxylation is 1. The van der Waals surface area contributed by atoms with Crippen LogP contribution in [0.15, 0.2) is 24.3 Å². The van der Waals surface area contributed by atoms with Crippen LogP contribution >= 0.6 is 24.8 Å². The number of unbranched alkanes of at least 4 members (excludes halogenated alkanes) is 1. The lowest BCUT2D eigenvalue weighted by molar-refractivity contribution is 0.795. The lowest BCUT2D eigenvalue weighted by Gasteiger charge is -2.01. The molecule has 13 heavy (non-hydrogen) atoms. The van der Waals surface area contributed by atoms with E-state index in [0.717, 1.165) is 12.0 Å². The average Bonchev–Trinajstić information content (AvgIpc) is 2.15. The molecule has 0 fully saturated rings. The van der Waals surface area contributed by atoms with Gasteiger partial charge in [-0.25, -0.2) is 0 Å². The van der Waals surface area contributed by atoms with Gasteiger partial charge in [0.1, 0.15) is 0 Å². The Kier molecular flexibility index (Phi) is 4.46. The number of thiol groups is 1. The van der Waals surface area contributed by atoms with Crippen LogP contribution < -0.4 is 0 Å². The SMILES string of the molecule is CCCCc1ccc(C(=S)S)cc1. The van der Waals surface area contributed by atoms with Gasteiger partial charge in [0, 0.05) is 0 Å². The number of benzene rings is 1. The van der Waals surface area contributed by atoms with E-state index in [9.17, 15) is 0 Å². The standard InChI is InChI=1S/C11H14S2/c1-2-3-4-9-5-7-10(8-6-9)11(12)13/h5-8H,2-4H2,1H3,(H,12,13). The van der Waals surface area contributed by atoms with Gasteiger partial charge in [-0.05, 0) is 24.0 Å². The molecule has 1 aromatic carbocycles. The summed E-state index contributed by atoms with van der Waals surface area (Å²) in [6, 6.07) is 8.35. The fourth-order valence-corrected chi connectivity index (χ4v) is 1.48. The second kappa shape index (κ2) is 5.40. The smallest absolute Gasteiger partial charge is 0.0747 e. The summed E-state index contributed by atoms with van der Waals surface area (Å²) in [7, 11) is 0. The van der Waals surface area contributed by atoms with Gasteiger partial charge in [-0.15, -0.1) is 12.6 Å². The van der Waals surface area contributed by atoms with Crippen molar-refractivity contribution in [3.63, 3.8) is 0 Å². The summed E-state index contributed by atoms with van der Waals surface area (Å²) in [5, 5.41) is 0. The Balaban J connectivity index is 2.64. The van der Waals surface area contributed by atoms with Crippen molar-refractivity contribution >= 4 is 29.0 Å². The number of hydrogen-bond donors (Lipinski definition) is 1. The zero-order chi connectivity index (χ0) is 9.68. The lowest BCUT2D eigenvalue weighted by Crippen LogP contribution is -1.89. The largest absolute Gasteiger partial charge is 0.131 e. The van der Waals surface area contributed by atoms with E-state index in [0.29, 0.717) is 4.20 Å². The van der Waals surface area contributed by atoms with Crippen LogP contribution in [0.2, 0.25) is 0 Å². The minimum Gasteiger partial charge on any atom is -0.131 e. The predicted molar refractivity (Wildman–Crippen MR) is 65.7 cm³/mol. The molecule has 0 amide bonds. The van der Waals surface area contributed by atoms with Crippen LogP contribution in [0.3, 0.4) is 0 Å². The van der Waals surface area contributed by atoms with E-state index >= 15 is 0 Å². The molecule has 2 heteroatoms. The van der Waals surface area contributed by atoms with Crippen molar-refractivity contribution in [2.45, 2.75) is 26.2 Å². The molecule has 0 aliphatic carbocycles. The second-order valence-electron chi connectivity index (χ2n) is 3.11. The van der Waals surface area contributed by atoms with Gasteiger partial charge in [0.05, 0.1) is 4.20 Å². The molecule has 0 atom stereocenters. The average molecular weight is 210 g/mol. The molecule has 1 rings (SSSR count). The molecule has 0 aliphatic heterocycles. The first-order valence-electron chi connectivity index (χ1n) is 4.56. The lowest BCUT2D eigenvalue weighted by atomic mass is 10.1. The highest BCUT2D eigenvalue weighted by Gasteiger charge is 1.96. The van der Waals surface area contributed by atoms with E-state index in [1.54, 1.807) is 0 Å². The molecule has 0 N–H and O–H groups in total. The highest BCUT2D eigenvalue weighted by molar-refractivity contribution is 8.11. The molecule has 0 nitrogen and oxygen atoms in total. The van der Waals surface area contributed by atoms with Crippen LogP contribution in [-0.2, 0) is 6.42 Å². The van der Waals surface area contributed by atoms with E-state index in [4.69, 9.17) is 12.2 Å². The van der Waals surface area contributed by atoms with Crippen LogP contribution in [0.1, 0.15) is 30.9 Å². The van der Waals surface area contributed by atoms with Crippen molar-refractivity contribution in [3.05, 3.63) is 35.4 Å². The van der Waals surface area contributed by atoms with E-state index in [-0.39, 0.29) is 0 Å². The molecule has 0 saturated heterocycles. The highest BCUT2D eigenvalue weighted by Crippen LogP contribution is 2.10. The molecule has 0 aromatic heterocycles. The molecule has 0 bridgehead atoms. The Labute approximate surface area is 90.8 Å². The van der Waals surface area contributed by atoms with E-state index < -0.39 is 0 Å². The molecule has 0 aliphatic rings. The van der Waals surface area contributed by atoms with Gasteiger partial charge >= 0.3 is 0 Å². The van der Waals surface area contributed by atoms with Gasteiger partial charge < -0.3 is 0 Å². The maximum absolute atomic E-state index is 4.96. The molecular formula is C11H14S2. The van der Waals surface area contributed by atoms with Crippen LogP contribution in [0, 0.1) is 0 Å². The number of hydrogen-bond acceptors (Lipinski definition) is 1. The van der Waals surface area contributed by atoms with Gasteiger partial charge in [0.25, 0.3) is 0 Å². The third-order valence-corrected chi connectivity index (χ3v) is 2.51. The normalized spacial score (nSPS) is 10.0. The molecule has 70 valence electrons. The van der Waals surface area contributed by atoms with Crippen molar-refractivity contribution in [3.8, 4) is 0 Å². The quantitative estimate of drug-likeness (QED) is 0.585. The van der Waals surface area contributed by atoms with Crippen molar-refractivity contribution in [2.24, 2.45) is 0 Å². The summed E-state index contributed by atoms with van der Waals surface area (Å²) in [5.41, 5.74) is 2.42. The van der Waals surface area contributed by atoms with Crippen molar-refractivity contribution in [1.82, 2.24) is 0 Å². The van der Waals surface area contributed by atoms with Crippen molar-refractivity contribution in [2.75, 3.05) is 0 Å². The van der Waals surface area contributed by atoms with Gasteiger partial charge in [0.15, 0.2) is 0 Å². The minimum atomic E-state index is 0.669.